The Balaban J connectivity index is 1.81. The van der Waals surface area contributed by atoms with E-state index >= 15 is 0 Å². The van der Waals surface area contributed by atoms with Crippen LogP contribution in [0.3, 0.4) is 0 Å². The zero-order chi connectivity index (χ0) is 21.3. The first-order valence-corrected chi connectivity index (χ1v) is 10.4. The highest BCUT2D eigenvalue weighted by atomic mass is 16.3. The first kappa shape index (κ1) is 20.1. The Labute approximate surface area is 177 Å². The van der Waals surface area contributed by atoms with Crippen LogP contribution >= 0.6 is 0 Å². The van der Waals surface area contributed by atoms with Crippen molar-refractivity contribution in [2.45, 2.75) is 40.0 Å². The van der Waals surface area contributed by atoms with E-state index in [1.54, 1.807) is 0 Å². The van der Waals surface area contributed by atoms with Crippen LogP contribution < -0.4 is 0 Å². The highest BCUT2D eigenvalue weighted by Gasteiger charge is 2.36. The number of aliphatic hydroxyl groups excluding tert-OH is 1. The Bertz CT molecular complexity index is 1180. The largest absolute Gasteiger partial charge is 0.511 e. The molecule has 4 rings (SSSR count). The summed E-state index contributed by atoms with van der Waals surface area (Å²) in [6, 6.07) is 22.0. The second-order valence-electron chi connectivity index (χ2n) is 8.92. The number of rotatable bonds is 3. The molecule has 0 bridgehead atoms. The van der Waals surface area contributed by atoms with E-state index in [4.69, 9.17) is 4.99 Å². The summed E-state index contributed by atoms with van der Waals surface area (Å²) in [5.74, 6) is 0.0792. The van der Waals surface area contributed by atoms with Gasteiger partial charge in [-0.2, -0.15) is 0 Å². The van der Waals surface area contributed by atoms with Crippen molar-refractivity contribution in [1.82, 2.24) is 0 Å². The van der Waals surface area contributed by atoms with Gasteiger partial charge in [0, 0.05) is 12.8 Å². The van der Waals surface area contributed by atoms with Gasteiger partial charge in [-0.1, -0.05) is 74.5 Å². The Morgan fingerprint density at radius 1 is 0.967 bits per heavy atom. The zero-order valence-corrected chi connectivity index (χ0v) is 17.8. The second kappa shape index (κ2) is 7.91. The van der Waals surface area contributed by atoms with Gasteiger partial charge in [-0.3, -0.25) is 9.79 Å². The van der Waals surface area contributed by atoms with Gasteiger partial charge in [0.1, 0.15) is 5.76 Å². The van der Waals surface area contributed by atoms with Crippen molar-refractivity contribution < 1.29 is 9.90 Å². The summed E-state index contributed by atoms with van der Waals surface area (Å²) in [7, 11) is 0. The molecule has 30 heavy (non-hydrogen) atoms. The van der Waals surface area contributed by atoms with Crippen molar-refractivity contribution in [3.05, 3.63) is 89.2 Å². The molecule has 3 aromatic carbocycles. The Hall–Kier alpha value is -3.20. The quantitative estimate of drug-likeness (QED) is 0.396. The lowest BCUT2D eigenvalue weighted by Gasteiger charge is -2.31. The summed E-state index contributed by atoms with van der Waals surface area (Å²) in [5, 5.41) is 13.3. The molecule has 3 nitrogen and oxygen atoms in total. The Kier molecular flexibility index (Phi) is 5.29. The summed E-state index contributed by atoms with van der Waals surface area (Å²) in [4.78, 5) is 17.9. The number of allylic oxidation sites excluding steroid dienone is 2. The first-order valence-electron chi connectivity index (χ1n) is 10.4. The number of hydrogen-bond acceptors (Lipinski definition) is 3. The fraction of sp³-hybridized carbons (Fsp3) is 0.259. The lowest BCUT2D eigenvalue weighted by molar-refractivity contribution is -0.117. The van der Waals surface area contributed by atoms with Crippen LogP contribution in [0.4, 0.5) is 5.69 Å². The number of aryl methyl sites for hydroxylation is 1. The lowest BCUT2D eigenvalue weighted by atomic mass is 9.73. The van der Waals surface area contributed by atoms with E-state index in [1.807, 2.05) is 55.5 Å². The van der Waals surface area contributed by atoms with Crippen LogP contribution in [0.5, 0.6) is 0 Å². The van der Waals surface area contributed by atoms with Crippen LogP contribution in [-0.4, -0.2) is 16.6 Å². The molecule has 0 radical (unpaired) electrons. The second-order valence-corrected chi connectivity index (χ2v) is 8.92. The number of hydrogen-bond donors (Lipinski definition) is 1. The average molecular weight is 398 g/mol. The summed E-state index contributed by atoms with van der Waals surface area (Å²) >= 11 is 0. The van der Waals surface area contributed by atoms with Crippen molar-refractivity contribution in [3.8, 4) is 0 Å². The van der Waals surface area contributed by atoms with Gasteiger partial charge < -0.3 is 5.11 Å². The van der Waals surface area contributed by atoms with Crippen molar-refractivity contribution in [3.63, 3.8) is 0 Å². The van der Waals surface area contributed by atoms with Gasteiger partial charge in [-0.05, 0) is 46.7 Å². The van der Waals surface area contributed by atoms with Crippen LogP contribution in [0, 0.1) is 12.3 Å². The molecule has 1 saturated carbocycles. The van der Waals surface area contributed by atoms with Crippen molar-refractivity contribution in [2.75, 3.05) is 0 Å². The van der Waals surface area contributed by atoms with E-state index in [-0.39, 0.29) is 17.0 Å². The molecule has 3 heteroatoms. The molecule has 0 heterocycles. The van der Waals surface area contributed by atoms with Gasteiger partial charge in [0.15, 0.2) is 5.78 Å². The summed E-state index contributed by atoms with van der Waals surface area (Å²) in [6.45, 7) is 6.17. The number of Topliss-reactive ketones (excluding diaryl/α,β-unsaturated/α-hetero) is 1. The number of ketones is 1. The maximum Gasteiger partial charge on any atom is 0.168 e. The lowest BCUT2D eigenvalue weighted by Crippen LogP contribution is -2.32. The molecule has 0 amide bonds. The Morgan fingerprint density at radius 3 is 2.47 bits per heavy atom. The van der Waals surface area contributed by atoms with E-state index in [9.17, 15) is 9.90 Å². The average Bonchev–Trinajstić information content (AvgIpc) is 2.69. The van der Waals surface area contributed by atoms with Crippen molar-refractivity contribution in [2.24, 2.45) is 10.4 Å². The highest BCUT2D eigenvalue weighted by Crippen LogP contribution is 2.37. The van der Waals surface area contributed by atoms with Crippen molar-refractivity contribution in [1.29, 1.82) is 0 Å². The normalized spacial score (nSPS) is 19.3. The third kappa shape index (κ3) is 4.06. The number of nitrogens with zero attached hydrogens (tertiary/aromatic N) is 1. The number of para-hydroxylation sites is 1. The van der Waals surface area contributed by atoms with Crippen LogP contribution in [0.25, 0.3) is 10.8 Å². The molecule has 3 aromatic rings. The molecule has 1 aliphatic rings. The molecule has 0 spiro atoms. The molecule has 0 aliphatic heterocycles. The van der Waals surface area contributed by atoms with Gasteiger partial charge >= 0.3 is 0 Å². The minimum absolute atomic E-state index is 0.0312. The smallest absolute Gasteiger partial charge is 0.168 e. The summed E-state index contributed by atoms with van der Waals surface area (Å²) < 4.78 is 0. The van der Waals surface area contributed by atoms with Gasteiger partial charge in [0.2, 0.25) is 0 Å². The van der Waals surface area contributed by atoms with Crippen molar-refractivity contribution >= 4 is 28.0 Å². The van der Waals surface area contributed by atoms with Crippen LogP contribution in [0.15, 0.2) is 83.1 Å². The maximum atomic E-state index is 13.1. The zero-order valence-electron chi connectivity index (χ0n) is 17.8. The summed E-state index contributed by atoms with van der Waals surface area (Å²) in [5.41, 5.74) is 3.80. The number of benzene rings is 3. The van der Waals surface area contributed by atoms with Gasteiger partial charge in [-0.15, -0.1) is 0 Å². The van der Waals surface area contributed by atoms with Gasteiger partial charge in [-0.25, -0.2) is 0 Å². The maximum absolute atomic E-state index is 13.1. The van der Waals surface area contributed by atoms with Gasteiger partial charge in [0.25, 0.3) is 0 Å². The first-order chi connectivity index (χ1) is 14.3. The number of carbonyl (C=O) groups is 1. The molecule has 0 atom stereocenters. The fourth-order valence-electron chi connectivity index (χ4n) is 4.26. The molecule has 0 unspecified atom stereocenters. The third-order valence-corrected chi connectivity index (χ3v) is 5.75. The monoisotopic (exact) mass is 397 g/mol. The van der Waals surface area contributed by atoms with E-state index in [2.05, 4.69) is 32.0 Å². The minimum atomic E-state index is -0.179. The number of carbonyl (C=O) groups excluding carboxylic acids is 1. The third-order valence-electron chi connectivity index (χ3n) is 5.75. The van der Waals surface area contributed by atoms with E-state index < -0.39 is 0 Å². The Morgan fingerprint density at radius 2 is 1.67 bits per heavy atom. The minimum Gasteiger partial charge on any atom is -0.511 e. The fourth-order valence-corrected chi connectivity index (χ4v) is 4.26. The van der Waals surface area contributed by atoms with Crippen LogP contribution in [-0.2, 0) is 11.2 Å². The molecule has 0 aromatic heterocycles. The molecule has 1 N–H and O–H groups in total. The van der Waals surface area contributed by atoms with Gasteiger partial charge in [0.05, 0.1) is 17.0 Å². The predicted molar refractivity (Wildman–Crippen MR) is 124 cm³/mol. The van der Waals surface area contributed by atoms with Crippen LogP contribution in [0.1, 0.15) is 37.8 Å². The van der Waals surface area contributed by atoms with Crippen LogP contribution in [0.2, 0.25) is 0 Å². The summed E-state index contributed by atoms with van der Waals surface area (Å²) in [6.07, 6.45) is 1.38. The predicted octanol–water partition coefficient (Wildman–Crippen LogP) is 6.66. The number of aliphatic hydroxyl groups is 1. The number of fused-ring (bicyclic) bond motifs is 1. The molecule has 152 valence electrons. The van der Waals surface area contributed by atoms with E-state index in [0.29, 0.717) is 30.5 Å². The highest BCUT2D eigenvalue weighted by molar-refractivity contribution is 6.25. The number of aliphatic imine (C=N–C) groups is 1. The standard InChI is InChI=1S/C27H27NO2/c1-18-9-4-7-14-22(18)28-23-16-27(2,3)17-25(30)26(23)24(29)15-20-12-8-11-19-10-5-6-13-21(19)20/h4-14,29H,15-17H2,1-3H3/b26-24+,28-23?. The molecule has 1 aliphatic carbocycles. The molecular weight excluding hydrogens is 370 g/mol. The van der Waals surface area contributed by atoms with E-state index in [1.165, 1.54) is 0 Å². The SMILES string of the molecule is Cc1ccccc1N=C1CC(C)(C)CC(=O)/C1=C(/O)Cc1cccc2ccccc12. The molecule has 0 saturated heterocycles. The topological polar surface area (TPSA) is 49.7 Å². The molecule has 1 fully saturated rings. The molecular formula is C27H27NO2. The van der Waals surface area contributed by atoms with E-state index in [0.717, 1.165) is 27.6 Å².